The van der Waals surface area contributed by atoms with Gasteiger partial charge in [-0.1, -0.05) is 0 Å². The lowest BCUT2D eigenvalue weighted by Gasteiger charge is -2.24. The maximum Gasteiger partial charge on any atom is 0.248 e. The van der Waals surface area contributed by atoms with Crippen LogP contribution in [0.4, 0.5) is 0 Å². The van der Waals surface area contributed by atoms with Crippen LogP contribution in [0.5, 0.6) is 23.0 Å². The van der Waals surface area contributed by atoms with Crippen molar-refractivity contribution in [2.24, 2.45) is 9.98 Å². The topological polar surface area (TPSA) is 174 Å². The summed E-state index contributed by atoms with van der Waals surface area (Å²) in [4.78, 5) is 32.9. The number of nitrogens with one attached hydrogen (secondary N) is 2. The minimum atomic E-state index is -0.714. The molecule has 0 atom stereocenters. The van der Waals surface area contributed by atoms with E-state index in [2.05, 4.69) is 20.8 Å². The molecule has 2 rings (SSSR count). The molecule has 0 heterocycles. The highest BCUT2D eigenvalue weighted by Gasteiger charge is 2.22. The van der Waals surface area contributed by atoms with Crippen molar-refractivity contribution in [2.45, 2.75) is 6.42 Å². The van der Waals surface area contributed by atoms with Gasteiger partial charge in [0.15, 0.2) is 11.7 Å². The fourth-order valence-electron chi connectivity index (χ4n) is 3.41. The van der Waals surface area contributed by atoms with Gasteiger partial charge in [-0.2, -0.15) is 20.5 Å². The third kappa shape index (κ3) is 7.74. The number of hydrogen-bond acceptors (Lipinski definition) is 10. The van der Waals surface area contributed by atoms with Gasteiger partial charge in [-0.25, -0.2) is 0 Å². The largest absolute Gasteiger partial charge is 0.497 e. The molecule has 2 N–H and O–H groups in total. The number of hydrazine groups is 2. The van der Waals surface area contributed by atoms with Crippen LogP contribution in [-0.2, 0) is 9.59 Å². The van der Waals surface area contributed by atoms with E-state index in [-0.39, 0.29) is 11.7 Å². The number of nitrogens with zero attached hydrogens (tertiary/aromatic N) is 6. The zero-order valence-electron chi connectivity index (χ0n) is 22.3. The highest BCUT2D eigenvalue weighted by molar-refractivity contribution is 6.05. The Morgan fingerprint density at radius 1 is 0.744 bits per heavy atom. The van der Waals surface area contributed by atoms with E-state index >= 15 is 0 Å². The molecule has 2 aromatic carbocycles. The molecule has 0 saturated heterocycles. The van der Waals surface area contributed by atoms with Crippen molar-refractivity contribution in [1.82, 2.24) is 20.9 Å². The molecule has 0 aliphatic rings. The number of amidine groups is 2. The maximum absolute atomic E-state index is 12.7. The van der Waals surface area contributed by atoms with Gasteiger partial charge in [0.1, 0.15) is 29.4 Å². The molecule has 14 nitrogen and oxygen atoms in total. The Balaban J connectivity index is 2.17. The number of hydrogen-bond donors (Lipinski definition) is 2. The van der Waals surface area contributed by atoms with Crippen molar-refractivity contribution in [3.05, 3.63) is 47.5 Å². The molecule has 0 unspecified atom stereocenters. The van der Waals surface area contributed by atoms with Gasteiger partial charge in [0.25, 0.3) is 0 Å². The Labute approximate surface area is 225 Å². The van der Waals surface area contributed by atoms with Crippen LogP contribution in [0.2, 0.25) is 0 Å². The minimum absolute atomic E-state index is 0.0488. The second-order valence-electron chi connectivity index (χ2n) is 7.57. The van der Waals surface area contributed by atoms with E-state index in [0.29, 0.717) is 34.1 Å². The standard InChI is InChI=1S/C25H28N8O6/c1-32(24(28-14-26)18-11-16(36-3)7-9-20(18)38-5)30-22(34)13-23(35)31-33(2)25(29-15-27)19-12-17(37-4)8-10-21(19)39-6/h7-12H,13H2,1-6H3,(H,30,34)(H,31,35)/b28-24+,29-25+. The van der Waals surface area contributed by atoms with Crippen LogP contribution in [0.25, 0.3) is 0 Å². The molecule has 0 saturated carbocycles. The highest BCUT2D eigenvalue weighted by atomic mass is 16.5. The first kappa shape index (κ1) is 29.7. The molecular weight excluding hydrogens is 508 g/mol. The summed E-state index contributed by atoms with van der Waals surface area (Å²) < 4.78 is 21.1. The lowest BCUT2D eigenvalue weighted by molar-refractivity contribution is -0.132. The van der Waals surface area contributed by atoms with Crippen LogP contribution in [0.15, 0.2) is 46.4 Å². The first-order valence-electron chi connectivity index (χ1n) is 11.2. The van der Waals surface area contributed by atoms with Gasteiger partial charge >= 0.3 is 0 Å². The zero-order valence-corrected chi connectivity index (χ0v) is 22.3. The Morgan fingerprint density at radius 2 is 1.13 bits per heavy atom. The van der Waals surface area contributed by atoms with Gasteiger partial charge in [0.2, 0.25) is 24.2 Å². The molecule has 0 spiro atoms. The molecular formula is C25H28N8O6. The number of carbonyl (C=O) groups excluding carboxylic acids is 2. The van der Waals surface area contributed by atoms with Crippen LogP contribution in [-0.4, -0.2) is 76.0 Å². The first-order chi connectivity index (χ1) is 18.7. The second-order valence-corrected chi connectivity index (χ2v) is 7.57. The van der Waals surface area contributed by atoms with Gasteiger partial charge in [-0.3, -0.25) is 30.5 Å². The minimum Gasteiger partial charge on any atom is -0.497 e. The van der Waals surface area contributed by atoms with Gasteiger partial charge < -0.3 is 18.9 Å². The number of benzene rings is 2. The zero-order chi connectivity index (χ0) is 28.9. The number of methoxy groups -OCH3 is 4. The van der Waals surface area contributed by atoms with E-state index < -0.39 is 18.2 Å². The average molecular weight is 537 g/mol. The van der Waals surface area contributed by atoms with E-state index in [9.17, 15) is 20.1 Å². The average Bonchev–Trinajstić information content (AvgIpc) is 2.93. The molecule has 2 amide bonds. The van der Waals surface area contributed by atoms with Crippen molar-refractivity contribution in [2.75, 3.05) is 42.5 Å². The van der Waals surface area contributed by atoms with E-state index in [1.807, 2.05) is 0 Å². The van der Waals surface area contributed by atoms with Crippen LogP contribution in [0.1, 0.15) is 17.5 Å². The number of rotatable bonds is 8. The molecule has 0 aromatic heterocycles. The van der Waals surface area contributed by atoms with E-state index in [4.69, 9.17) is 18.9 Å². The quantitative estimate of drug-likeness (QED) is 0.164. The van der Waals surface area contributed by atoms with Gasteiger partial charge in [-0.05, 0) is 36.4 Å². The van der Waals surface area contributed by atoms with E-state index in [1.165, 1.54) is 52.6 Å². The number of aliphatic imine (C=N–C) groups is 2. The second kappa shape index (κ2) is 14.3. The SMILES string of the molecule is COc1ccc(OC)c(/C(=N\C#N)N(C)NC(=O)CC(=O)NN(C)/C(=N/C#N)c2cc(OC)ccc2OC)c1. The summed E-state index contributed by atoms with van der Waals surface area (Å²) in [7, 11) is 8.74. The Hall–Kier alpha value is -5.50. The third-order valence-electron chi connectivity index (χ3n) is 5.15. The number of ether oxygens (including phenoxy) is 4. The molecule has 0 fully saturated rings. The van der Waals surface area contributed by atoms with Crippen molar-refractivity contribution >= 4 is 23.5 Å². The lowest BCUT2D eigenvalue weighted by Crippen LogP contribution is -2.48. The monoisotopic (exact) mass is 536 g/mol. The number of carbonyl (C=O) groups is 2. The van der Waals surface area contributed by atoms with Crippen molar-refractivity contribution in [3.8, 4) is 35.4 Å². The molecule has 0 bridgehead atoms. The van der Waals surface area contributed by atoms with E-state index in [0.717, 1.165) is 0 Å². The Kier molecular flexibility index (Phi) is 10.9. The lowest BCUT2D eigenvalue weighted by atomic mass is 10.1. The Bertz CT molecular complexity index is 1240. The predicted octanol–water partition coefficient (Wildman–Crippen LogP) is 1.19. The van der Waals surface area contributed by atoms with Crippen LogP contribution in [0.3, 0.4) is 0 Å². The molecule has 0 radical (unpaired) electrons. The van der Waals surface area contributed by atoms with Gasteiger partial charge in [0, 0.05) is 14.1 Å². The summed E-state index contributed by atoms with van der Waals surface area (Å²) >= 11 is 0. The summed E-state index contributed by atoms with van der Waals surface area (Å²) in [6, 6.07) is 9.74. The normalized spacial score (nSPS) is 10.9. The Morgan fingerprint density at radius 3 is 1.44 bits per heavy atom. The molecule has 2 aromatic rings. The molecule has 0 aliphatic heterocycles. The maximum atomic E-state index is 12.7. The summed E-state index contributed by atoms with van der Waals surface area (Å²) in [6.07, 6.45) is 2.76. The molecule has 0 aliphatic carbocycles. The fraction of sp³-hybridized carbons (Fsp3) is 0.280. The predicted molar refractivity (Wildman–Crippen MR) is 140 cm³/mol. The number of nitriles is 2. The first-order valence-corrected chi connectivity index (χ1v) is 11.2. The van der Waals surface area contributed by atoms with Crippen LogP contribution >= 0.6 is 0 Å². The van der Waals surface area contributed by atoms with Crippen LogP contribution < -0.4 is 29.8 Å². The summed E-state index contributed by atoms with van der Waals surface area (Å²) in [5, 5.41) is 20.8. The number of amides is 2. The highest BCUT2D eigenvalue weighted by Crippen LogP contribution is 2.26. The summed E-state index contributed by atoms with van der Waals surface area (Å²) in [5.41, 5.74) is 5.73. The van der Waals surface area contributed by atoms with Crippen molar-refractivity contribution in [3.63, 3.8) is 0 Å². The smallest absolute Gasteiger partial charge is 0.248 e. The fourth-order valence-corrected chi connectivity index (χ4v) is 3.41. The van der Waals surface area contributed by atoms with Crippen molar-refractivity contribution < 1.29 is 28.5 Å². The van der Waals surface area contributed by atoms with Crippen molar-refractivity contribution in [1.29, 1.82) is 10.5 Å². The third-order valence-corrected chi connectivity index (χ3v) is 5.15. The summed E-state index contributed by atoms with van der Waals surface area (Å²) in [5.74, 6) is 0.370. The van der Waals surface area contributed by atoms with Gasteiger partial charge in [-0.15, -0.1) is 0 Å². The summed E-state index contributed by atoms with van der Waals surface area (Å²) in [6.45, 7) is 0. The molecule has 14 heteroatoms. The van der Waals surface area contributed by atoms with E-state index in [1.54, 1.807) is 48.8 Å². The molecule has 39 heavy (non-hydrogen) atoms. The molecule has 204 valence electrons. The van der Waals surface area contributed by atoms with Gasteiger partial charge in [0.05, 0.1) is 39.6 Å². The van der Waals surface area contributed by atoms with Crippen LogP contribution in [0, 0.1) is 22.9 Å².